The number of hydrogen-bond donors (Lipinski definition) is 3. The summed E-state index contributed by atoms with van der Waals surface area (Å²) in [6.07, 6.45) is 0. The predicted octanol–water partition coefficient (Wildman–Crippen LogP) is 2.12. The third-order valence-corrected chi connectivity index (χ3v) is 4.66. The van der Waals surface area contributed by atoms with Crippen LogP contribution in [0, 0.1) is 0 Å². The monoisotopic (exact) mass is 372 g/mol. The normalized spacial score (nSPS) is 12.7. The van der Waals surface area contributed by atoms with E-state index in [4.69, 9.17) is 9.84 Å². The fraction of sp³-hybridized carbons (Fsp3) is 0.167. The van der Waals surface area contributed by atoms with E-state index in [2.05, 4.69) is 10.6 Å². The van der Waals surface area contributed by atoms with E-state index in [1.807, 2.05) is 6.07 Å². The van der Waals surface area contributed by atoms with Crippen LogP contribution in [-0.2, 0) is 16.1 Å². The first-order valence-electron chi connectivity index (χ1n) is 7.80. The van der Waals surface area contributed by atoms with E-state index < -0.39 is 12.6 Å². The smallest absolute Gasteiger partial charge is 0.341 e. The molecule has 1 aliphatic heterocycles. The van der Waals surface area contributed by atoms with Gasteiger partial charge >= 0.3 is 5.97 Å². The lowest BCUT2D eigenvalue weighted by atomic mass is 10.1. The quantitative estimate of drug-likeness (QED) is 0.717. The van der Waals surface area contributed by atoms with Gasteiger partial charge in [0.05, 0.1) is 11.4 Å². The number of carboxylic acids is 1. The number of carbonyl (C=O) groups excluding carboxylic acids is 2. The maximum absolute atomic E-state index is 12.3. The van der Waals surface area contributed by atoms with Crippen LogP contribution in [0.15, 0.2) is 47.4 Å². The van der Waals surface area contributed by atoms with Crippen LogP contribution >= 0.6 is 11.8 Å². The highest BCUT2D eigenvalue weighted by atomic mass is 32.2. The van der Waals surface area contributed by atoms with Gasteiger partial charge in [-0.1, -0.05) is 12.1 Å². The van der Waals surface area contributed by atoms with Crippen molar-refractivity contribution in [2.45, 2.75) is 11.4 Å². The average Bonchev–Trinajstić information content (AvgIpc) is 2.64. The van der Waals surface area contributed by atoms with Crippen LogP contribution in [0.4, 0.5) is 5.69 Å². The highest BCUT2D eigenvalue weighted by Gasteiger charge is 2.17. The summed E-state index contributed by atoms with van der Waals surface area (Å²) in [5, 5.41) is 14.2. The number of anilines is 1. The van der Waals surface area contributed by atoms with Crippen LogP contribution in [0.3, 0.4) is 0 Å². The Morgan fingerprint density at radius 3 is 2.88 bits per heavy atom. The number of amides is 2. The number of benzene rings is 2. The van der Waals surface area contributed by atoms with Gasteiger partial charge in [0.25, 0.3) is 5.91 Å². The van der Waals surface area contributed by atoms with Crippen molar-refractivity contribution in [2.24, 2.45) is 0 Å². The summed E-state index contributed by atoms with van der Waals surface area (Å²) >= 11 is 1.44. The molecule has 0 atom stereocenters. The van der Waals surface area contributed by atoms with E-state index >= 15 is 0 Å². The molecular formula is C18H16N2O5S. The summed E-state index contributed by atoms with van der Waals surface area (Å²) in [4.78, 5) is 35.3. The Morgan fingerprint density at radius 1 is 1.23 bits per heavy atom. The minimum atomic E-state index is -1.05. The molecule has 0 unspecified atom stereocenters. The van der Waals surface area contributed by atoms with Crippen LogP contribution in [0.25, 0.3) is 0 Å². The van der Waals surface area contributed by atoms with Crippen LogP contribution < -0.4 is 15.4 Å². The van der Waals surface area contributed by atoms with Gasteiger partial charge in [-0.3, -0.25) is 9.59 Å². The van der Waals surface area contributed by atoms with Crippen molar-refractivity contribution in [1.82, 2.24) is 5.32 Å². The number of carboxylic acid groups (broad SMARTS) is 1. The molecule has 2 aromatic rings. The Labute approximate surface area is 153 Å². The van der Waals surface area contributed by atoms with Gasteiger partial charge in [-0.05, 0) is 35.9 Å². The predicted molar refractivity (Wildman–Crippen MR) is 96.5 cm³/mol. The molecule has 0 aliphatic carbocycles. The van der Waals surface area contributed by atoms with E-state index in [1.54, 1.807) is 36.4 Å². The van der Waals surface area contributed by atoms with Gasteiger partial charge in [-0.25, -0.2) is 4.79 Å². The standard InChI is InChI=1S/C18H16N2O5S/c21-16-10-26-15-5-4-12(7-14(15)20-16)18(24)19-8-11-2-1-3-13(6-11)25-9-17(22)23/h1-7H,8-10H2,(H,19,24)(H,20,21)(H,22,23). The molecule has 0 spiro atoms. The molecule has 8 heteroatoms. The lowest BCUT2D eigenvalue weighted by molar-refractivity contribution is -0.139. The van der Waals surface area contributed by atoms with Gasteiger partial charge in [0, 0.05) is 17.0 Å². The van der Waals surface area contributed by atoms with Gasteiger partial charge in [-0.15, -0.1) is 11.8 Å². The summed E-state index contributed by atoms with van der Waals surface area (Å²) in [6, 6.07) is 12.0. The first-order chi connectivity index (χ1) is 12.5. The first-order valence-corrected chi connectivity index (χ1v) is 8.78. The summed E-state index contributed by atoms with van der Waals surface area (Å²) in [7, 11) is 0. The zero-order valence-electron chi connectivity index (χ0n) is 13.7. The Morgan fingerprint density at radius 2 is 2.08 bits per heavy atom. The fourth-order valence-corrected chi connectivity index (χ4v) is 3.19. The van der Waals surface area contributed by atoms with Crippen molar-refractivity contribution < 1.29 is 24.2 Å². The lowest BCUT2D eigenvalue weighted by Gasteiger charge is -2.17. The summed E-state index contributed by atoms with van der Waals surface area (Å²) < 4.78 is 5.12. The van der Waals surface area contributed by atoms with E-state index in [9.17, 15) is 14.4 Å². The van der Waals surface area contributed by atoms with Gasteiger partial charge in [0.2, 0.25) is 5.91 Å². The number of aliphatic carboxylic acids is 1. The van der Waals surface area contributed by atoms with Crippen molar-refractivity contribution in [1.29, 1.82) is 0 Å². The molecule has 0 saturated heterocycles. The summed E-state index contributed by atoms with van der Waals surface area (Å²) in [6.45, 7) is -0.157. The zero-order valence-corrected chi connectivity index (χ0v) is 14.5. The molecule has 0 bridgehead atoms. The maximum Gasteiger partial charge on any atom is 0.341 e. The van der Waals surface area contributed by atoms with E-state index in [-0.39, 0.29) is 18.4 Å². The third-order valence-electron chi connectivity index (χ3n) is 3.59. The number of fused-ring (bicyclic) bond motifs is 1. The first kappa shape index (κ1) is 17.8. The summed E-state index contributed by atoms with van der Waals surface area (Å²) in [5.74, 6) is -0.611. The second-order valence-corrected chi connectivity index (χ2v) is 6.58. The maximum atomic E-state index is 12.3. The highest BCUT2D eigenvalue weighted by Crippen LogP contribution is 2.31. The van der Waals surface area contributed by atoms with Crippen LogP contribution in [0.1, 0.15) is 15.9 Å². The van der Waals surface area contributed by atoms with Crippen molar-refractivity contribution in [3.05, 3.63) is 53.6 Å². The fourth-order valence-electron chi connectivity index (χ4n) is 2.40. The minimum Gasteiger partial charge on any atom is -0.482 e. The third kappa shape index (κ3) is 4.54. The number of thioether (sulfide) groups is 1. The largest absolute Gasteiger partial charge is 0.482 e. The molecule has 7 nitrogen and oxygen atoms in total. The van der Waals surface area contributed by atoms with E-state index in [0.29, 0.717) is 22.8 Å². The van der Waals surface area contributed by atoms with Crippen molar-refractivity contribution in [2.75, 3.05) is 17.7 Å². The van der Waals surface area contributed by atoms with Crippen LogP contribution in [0.2, 0.25) is 0 Å². The number of rotatable bonds is 6. The van der Waals surface area contributed by atoms with Gasteiger partial charge in [0.15, 0.2) is 6.61 Å². The van der Waals surface area contributed by atoms with E-state index in [0.717, 1.165) is 10.5 Å². The van der Waals surface area contributed by atoms with Crippen LogP contribution in [-0.4, -0.2) is 35.2 Å². The van der Waals surface area contributed by atoms with Crippen molar-refractivity contribution in [3.8, 4) is 5.75 Å². The van der Waals surface area contributed by atoms with Gasteiger partial charge in [-0.2, -0.15) is 0 Å². The number of hydrogen-bond acceptors (Lipinski definition) is 5. The van der Waals surface area contributed by atoms with E-state index in [1.165, 1.54) is 11.8 Å². The second-order valence-electron chi connectivity index (χ2n) is 5.56. The number of ether oxygens (including phenoxy) is 1. The molecule has 3 N–H and O–H groups in total. The minimum absolute atomic E-state index is 0.0850. The molecule has 2 amide bonds. The molecule has 0 fully saturated rings. The Balaban J connectivity index is 1.62. The van der Waals surface area contributed by atoms with Crippen molar-refractivity contribution >= 4 is 35.2 Å². The Kier molecular flexibility index (Phi) is 5.43. The second kappa shape index (κ2) is 7.92. The molecule has 3 rings (SSSR count). The van der Waals surface area contributed by atoms with Crippen molar-refractivity contribution in [3.63, 3.8) is 0 Å². The molecule has 134 valence electrons. The average molecular weight is 372 g/mol. The highest BCUT2D eigenvalue weighted by molar-refractivity contribution is 8.00. The topological polar surface area (TPSA) is 105 Å². The molecule has 1 aliphatic rings. The SMILES string of the molecule is O=C(O)COc1cccc(CNC(=O)c2ccc3c(c2)NC(=O)CS3)c1. The molecule has 1 heterocycles. The van der Waals surface area contributed by atoms with Gasteiger partial charge < -0.3 is 20.5 Å². The molecule has 26 heavy (non-hydrogen) atoms. The molecule has 0 radical (unpaired) electrons. The number of carbonyl (C=O) groups is 3. The van der Waals surface area contributed by atoms with Gasteiger partial charge in [0.1, 0.15) is 5.75 Å². The summed E-state index contributed by atoms with van der Waals surface area (Å²) in [5.41, 5.74) is 1.87. The lowest BCUT2D eigenvalue weighted by Crippen LogP contribution is -2.24. The molecule has 0 saturated carbocycles. The Hall–Kier alpha value is -3.00. The molecule has 2 aromatic carbocycles. The molecule has 0 aromatic heterocycles. The number of nitrogens with one attached hydrogen (secondary N) is 2. The Bertz CT molecular complexity index is 868. The zero-order chi connectivity index (χ0) is 18.5. The molecular weight excluding hydrogens is 356 g/mol. The van der Waals surface area contributed by atoms with Crippen LogP contribution in [0.5, 0.6) is 5.75 Å².